The van der Waals surface area contributed by atoms with Crippen molar-refractivity contribution in [2.45, 2.75) is 32.4 Å². The predicted molar refractivity (Wildman–Crippen MR) is 108 cm³/mol. The van der Waals surface area contributed by atoms with Crippen molar-refractivity contribution in [3.63, 3.8) is 0 Å². The third-order valence-electron chi connectivity index (χ3n) is 4.38. The van der Waals surface area contributed by atoms with Gasteiger partial charge in [0.1, 0.15) is 6.33 Å². The molecule has 0 aliphatic rings. The van der Waals surface area contributed by atoms with Gasteiger partial charge in [-0.3, -0.25) is 9.59 Å². The van der Waals surface area contributed by atoms with Gasteiger partial charge in [0, 0.05) is 24.6 Å². The van der Waals surface area contributed by atoms with Crippen LogP contribution in [0.5, 0.6) is 0 Å². The summed E-state index contributed by atoms with van der Waals surface area (Å²) in [6.07, 6.45) is 0.651. The van der Waals surface area contributed by atoms with Crippen molar-refractivity contribution in [1.29, 1.82) is 0 Å². The van der Waals surface area contributed by atoms with Crippen molar-refractivity contribution in [3.05, 3.63) is 72.1 Å². The highest BCUT2D eigenvalue weighted by Crippen LogP contribution is 2.18. The second-order valence-corrected chi connectivity index (χ2v) is 6.70. The zero-order chi connectivity index (χ0) is 21.5. The largest absolute Gasteiger partial charge is 0.453 e. The second kappa shape index (κ2) is 9.55. The number of anilines is 1. The summed E-state index contributed by atoms with van der Waals surface area (Å²) in [7, 11) is 0. The van der Waals surface area contributed by atoms with Gasteiger partial charge >= 0.3 is 5.97 Å². The number of nitrogens with one attached hydrogen (secondary N) is 1. The Labute approximate surface area is 173 Å². The first-order valence-electron chi connectivity index (χ1n) is 9.33. The van der Waals surface area contributed by atoms with Crippen LogP contribution in [0.3, 0.4) is 0 Å². The molecule has 0 saturated heterocycles. The molecule has 3 aromatic rings. The van der Waals surface area contributed by atoms with E-state index in [-0.39, 0.29) is 11.7 Å². The highest BCUT2D eigenvalue weighted by atomic mass is 16.5. The molecule has 3 rings (SSSR count). The lowest BCUT2D eigenvalue weighted by Crippen LogP contribution is -2.31. The maximum atomic E-state index is 12.8. The number of carbonyl (C=O) groups is 3. The van der Waals surface area contributed by atoms with Crippen LogP contribution in [0.25, 0.3) is 0 Å². The number of aromatic nitrogens is 4. The molecule has 0 unspecified atom stereocenters. The average molecular weight is 407 g/mol. The Kier molecular flexibility index (Phi) is 6.63. The Bertz CT molecular complexity index is 1000. The second-order valence-electron chi connectivity index (χ2n) is 6.70. The van der Waals surface area contributed by atoms with Crippen LogP contribution >= 0.6 is 0 Å². The van der Waals surface area contributed by atoms with Gasteiger partial charge in [-0.1, -0.05) is 30.3 Å². The number of esters is 1. The lowest BCUT2D eigenvalue weighted by Gasteiger charge is -2.19. The molecule has 0 saturated carbocycles. The molecule has 0 radical (unpaired) electrons. The molecule has 1 heterocycles. The summed E-state index contributed by atoms with van der Waals surface area (Å²) in [5.41, 5.74) is 1.85. The summed E-state index contributed by atoms with van der Waals surface area (Å²) in [5, 5.41) is 13.6. The molecule has 2 atom stereocenters. The highest BCUT2D eigenvalue weighted by Gasteiger charge is 2.28. The number of tetrazole rings is 1. The lowest BCUT2D eigenvalue weighted by atomic mass is 10.1. The first kappa shape index (κ1) is 20.8. The Morgan fingerprint density at radius 3 is 2.37 bits per heavy atom. The van der Waals surface area contributed by atoms with E-state index in [1.54, 1.807) is 24.3 Å². The fourth-order valence-electron chi connectivity index (χ4n) is 2.90. The van der Waals surface area contributed by atoms with E-state index in [0.29, 0.717) is 17.7 Å². The Morgan fingerprint density at radius 1 is 1.07 bits per heavy atom. The number of carbonyl (C=O) groups excluding carboxylic acids is 3. The van der Waals surface area contributed by atoms with Crippen LogP contribution < -0.4 is 5.32 Å². The number of nitrogens with zero attached hydrogens (tertiary/aromatic N) is 4. The summed E-state index contributed by atoms with van der Waals surface area (Å²) in [6.45, 7) is 2.91. The summed E-state index contributed by atoms with van der Waals surface area (Å²) in [5.74, 6) is -1.17. The number of ketones is 1. The molecule has 0 spiro atoms. The molecule has 0 aliphatic heterocycles. The van der Waals surface area contributed by atoms with Gasteiger partial charge in [-0.05, 0) is 47.2 Å². The van der Waals surface area contributed by atoms with Gasteiger partial charge in [0.15, 0.2) is 12.1 Å². The normalized spacial score (nSPS) is 12.6. The van der Waals surface area contributed by atoms with Crippen molar-refractivity contribution in [2.24, 2.45) is 0 Å². The van der Waals surface area contributed by atoms with Crippen molar-refractivity contribution < 1.29 is 19.1 Å². The Morgan fingerprint density at radius 2 is 1.77 bits per heavy atom. The number of hydrogen-bond donors (Lipinski definition) is 1. The molecule has 30 heavy (non-hydrogen) atoms. The number of Topliss-reactive ketones (excluding diaryl/α,β-unsaturated/α-hetero) is 1. The molecule has 154 valence electrons. The summed E-state index contributed by atoms with van der Waals surface area (Å²) in [4.78, 5) is 36.6. The molecule has 0 bridgehead atoms. The maximum Gasteiger partial charge on any atom is 0.332 e. The van der Waals surface area contributed by atoms with Gasteiger partial charge in [0.25, 0.3) is 0 Å². The van der Waals surface area contributed by atoms with Crippen LogP contribution in [0.1, 0.15) is 35.8 Å². The van der Waals surface area contributed by atoms with Gasteiger partial charge in [-0.25, -0.2) is 9.48 Å². The number of benzene rings is 2. The third kappa shape index (κ3) is 5.34. The van der Waals surface area contributed by atoms with E-state index < -0.39 is 18.1 Å². The number of ether oxygens (including phenoxy) is 1. The van der Waals surface area contributed by atoms with E-state index in [1.165, 1.54) is 24.9 Å². The van der Waals surface area contributed by atoms with Gasteiger partial charge in [-0.2, -0.15) is 0 Å². The molecule has 1 aromatic heterocycles. The highest BCUT2D eigenvalue weighted by molar-refractivity contribution is 6.00. The predicted octanol–water partition coefficient (Wildman–Crippen LogP) is 2.23. The molecule has 1 amide bonds. The zero-order valence-corrected chi connectivity index (χ0v) is 16.6. The van der Waals surface area contributed by atoms with Crippen molar-refractivity contribution >= 4 is 23.3 Å². The SMILES string of the molecule is CC(=O)Nc1ccc(C(=O)[C@H](C)OC(=O)[C@@H](Cc2ccccc2)n2cnnn2)cc1. The van der Waals surface area contributed by atoms with Gasteiger partial charge in [-0.15, -0.1) is 5.10 Å². The zero-order valence-electron chi connectivity index (χ0n) is 16.6. The third-order valence-corrected chi connectivity index (χ3v) is 4.38. The van der Waals surface area contributed by atoms with Crippen LogP contribution in [0.15, 0.2) is 60.9 Å². The van der Waals surface area contributed by atoms with Crippen LogP contribution in [0.4, 0.5) is 5.69 Å². The first-order chi connectivity index (χ1) is 14.4. The van der Waals surface area contributed by atoms with E-state index in [2.05, 4.69) is 20.8 Å². The minimum absolute atomic E-state index is 0.205. The monoisotopic (exact) mass is 407 g/mol. The van der Waals surface area contributed by atoms with Gasteiger partial charge in [0.2, 0.25) is 11.7 Å². The minimum atomic E-state index is -1.00. The molecule has 0 aliphatic carbocycles. The van der Waals surface area contributed by atoms with E-state index in [0.717, 1.165) is 5.56 Å². The Hall–Kier alpha value is -3.88. The summed E-state index contributed by atoms with van der Waals surface area (Å²) >= 11 is 0. The van der Waals surface area contributed by atoms with Crippen molar-refractivity contribution in [3.8, 4) is 0 Å². The van der Waals surface area contributed by atoms with Crippen molar-refractivity contribution in [1.82, 2.24) is 20.2 Å². The number of hydrogen-bond acceptors (Lipinski definition) is 7. The van der Waals surface area contributed by atoms with Crippen LogP contribution in [-0.2, 0) is 20.7 Å². The molecule has 9 heteroatoms. The first-order valence-corrected chi connectivity index (χ1v) is 9.33. The fraction of sp³-hybridized carbons (Fsp3) is 0.238. The number of rotatable bonds is 8. The number of amides is 1. The smallest absolute Gasteiger partial charge is 0.332 e. The summed E-state index contributed by atoms with van der Waals surface area (Å²) in [6, 6.07) is 15.0. The van der Waals surface area contributed by atoms with Gasteiger partial charge in [0.05, 0.1) is 0 Å². The van der Waals surface area contributed by atoms with Crippen molar-refractivity contribution in [2.75, 3.05) is 5.32 Å². The maximum absolute atomic E-state index is 12.8. The van der Waals surface area contributed by atoms with E-state index in [4.69, 9.17) is 4.74 Å². The van der Waals surface area contributed by atoms with E-state index in [1.807, 2.05) is 30.3 Å². The van der Waals surface area contributed by atoms with Crippen LogP contribution in [0, 0.1) is 0 Å². The molecule has 2 aromatic carbocycles. The van der Waals surface area contributed by atoms with E-state index in [9.17, 15) is 14.4 Å². The fourth-order valence-corrected chi connectivity index (χ4v) is 2.90. The van der Waals surface area contributed by atoms with E-state index >= 15 is 0 Å². The lowest BCUT2D eigenvalue weighted by molar-refractivity contribution is -0.150. The average Bonchev–Trinajstić information content (AvgIpc) is 3.26. The molecule has 0 fully saturated rings. The molecule has 1 N–H and O–H groups in total. The van der Waals surface area contributed by atoms with Gasteiger partial charge < -0.3 is 10.1 Å². The standard InChI is InChI=1S/C21H21N5O4/c1-14(20(28)17-8-10-18(11-9-17)23-15(2)27)30-21(29)19(26-13-22-24-25-26)12-16-6-4-3-5-7-16/h3-11,13-14,19H,12H2,1-2H3,(H,23,27)/t14-,19+/m0/s1. The molecule has 9 nitrogen and oxygen atoms in total. The van der Waals surface area contributed by atoms with Crippen LogP contribution in [-0.4, -0.2) is 44.0 Å². The molecular weight excluding hydrogens is 386 g/mol. The molecular formula is C21H21N5O4. The van der Waals surface area contributed by atoms with Crippen LogP contribution in [0.2, 0.25) is 0 Å². The minimum Gasteiger partial charge on any atom is -0.453 e. The summed E-state index contributed by atoms with van der Waals surface area (Å²) < 4.78 is 6.76. The Balaban J connectivity index is 1.70. The quantitative estimate of drug-likeness (QED) is 0.449. The topological polar surface area (TPSA) is 116 Å².